The fourth-order valence-corrected chi connectivity index (χ4v) is 3.94. The number of thiazole rings is 1. The normalized spacial score (nSPS) is 12.4. The summed E-state index contributed by atoms with van der Waals surface area (Å²) >= 11 is 1.32. The molecule has 3 aromatic heterocycles. The van der Waals surface area contributed by atoms with Crippen LogP contribution in [0.25, 0.3) is 33.4 Å². The average molecular weight is 362 g/mol. The van der Waals surface area contributed by atoms with Crippen LogP contribution < -0.4 is 10.1 Å². The van der Waals surface area contributed by atoms with Gasteiger partial charge in [-0.15, -0.1) is 0 Å². The van der Waals surface area contributed by atoms with Crippen LogP contribution in [0, 0.1) is 5.82 Å². The molecule has 2 aromatic carbocycles. The van der Waals surface area contributed by atoms with Crippen molar-refractivity contribution in [2.45, 2.75) is 0 Å². The van der Waals surface area contributed by atoms with Crippen LogP contribution in [-0.2, 0) is 0 Å². The third-order valence-corrected chi connectivity index (χ3v) is 5.12. The van der Waals surface area contributed by atoms with Gasteiger partial charge < -0.3 is 4.42 Å². The summed E-state index contributed by atoms with van der Waals surface area (Å²) in [7, 11) is 0. The number of imidazole rings is 1. The summed E-state index contributed by atoms with van der Waals surface area (Å²) in [6, 6.07) is 17.3. The van der Waals surface area contributed by atoms with Gasteiger partial charge in [-0.2, -0.15) is 0 Å². The maximum Gasteiger partial charge on any atom is 0.275 e. The minimum Gasteiger partial charge on any atom is -0.457 e. The van der Waals surface area contributed by atoms with E-state index in [1.54, 1.807) is 34.7 Å². The number of fused-ring (bicyclic) bond motifs is 3. The van der Waals surface area contributed by atoms with Crippen molar-refractivity contribution in [3.63, 3.8) is 0 Å². The topological polar surface area (TPSA) is 47.5 Å². The van der Waals surface area contributed by atoms with Gasteiger partial charge in [0, 0.05) is 11.6 Å². The maximum atomic E-state index is 13.4. The van der Waals surface area contributed by atoms with Gasteiger partial charge in [-0.3, -0.25) is 4.79 Å². The van der Waals surface area contributed by atoms with Crippen LogP contribution in [-0.4, -0.2) is 9.38 Å². The first-order valence-electron chi connectivity index (χ1n) is 7.96. The smallest absolute Gasteiger partial charge is 0.275 e. The van der Waals surface area contributed by atoms with Gasteiger partial charge in [-0.1, -0.05) is 35.6 Å². The van der Waals surface area contributed by atoms with Crippen molar-refractivity contribution in [1.29, 1.82) is 0 Å². The average Bonchev–Trinajstić information content (AvgIpc) is 3.31. The molecule has 0 saturated carbocycles. The molecule has 3 heterocycles. The molecule has 6 heteroatoms. The quantitative estimate of drug-likeness (QED) is 0.479. The lowest BCUT2D eigenvalue weighted by Crippen LogP contribution is -2.22. The van der Waals surface area contributed by atoms with Crippen molar-refractivity contribution < 1.29 is 8.81 Å². The van der Waals surface area contributed by atoms with Crippen molar-refractivity contribution in [3.8, 4) is 11.3 Å². The molecule has 0 aliphatic carbocycles. The number of para-hydroxylation sites is 2. The lowest BCUT2D eigenvalue weighted by molar-refractivity contribution is 0.569. The predicted octanol–water partition coefficient (Wildman–Crippen LogP) is 3.86. The third-order valence-electron chi connectivity index (χ3n) is 4.15. The van der Waals surface area contributed by atoms with Gasteiger partial charge in [0.05, 0.1) is 11.0 Å². The van der Waals surface area contributed by atoms with Gasteiger partial charge in [-0.05, 0) is 36.4 Å². The highest BCUT2D eigenvalue weighted by molar-refractivity contribution is 7.15. The van der Waals surface area contributed by atoms with Crippen molar-refractivity contribution >= 4 is 33.4 Å². The van der Waals surface area contributed by atoms with Crippen LogP contribution in [0.5, 0.6) is 0 Å². The Morgan fingerprint density at radius 2 is 1.96 bits per heavy atom. The summed E-state index contributed by atoms with van der Waals surface area (Å²) in [5.74, 6) is 0.766. The highest BCUT2D eigenvalue weighted by Crippen LogP contribution is 2.23. The number of hydrogen-bond acceptors (Lipinski definition) is 4. The zero-order valence-corrected chi connectivity index (χ0v) is 14.2. The number of rotatable bonds is 2. The Morgan fingerprint density at radius 3 is 2.85 bits per heavy atom. The fourth-order valence-electron chi connectivity index (χ4n) is 2.97. The first kappa shape index (κ1) is 15.0. The van der Waals surface area contributed by atoms with E-state index in [2.05, 4.69) is 4.98 Å². The van der Waals surface area contributed by atoms with E-state index in [1.807, 2.05) is 24.3 Å². The van der Waals surface area contributed by atoms with Gasteiger partial charge in [0.1, 0.15) is 21.9 Å². The van der Waals surface area contributed by atoms with E-state index >= 15 is 0 Å². The molecule has 0 aliphatic rings. The highest BCUT2D eigenvalue weighted by atomic mass is 32.1. The Kier molecular flexibility index (Phi) is 3.26. The maximum absolute atomic E-state index is 13.4. The second kappa shape index (κ2) is 5.64. The molecular formula is C20H11FN2O2S. The van der Waals surface area contributed by atoms with Crippen LogP contribution in [0.4, 0.5) is 4.39 Å². The van der Waals surface area contributed by atoms with E-state index in [4.69, 9.17) is 4.42 Å². The standard InChI is InChI=1S/C20H11FN2O2S/c21-13-5-3-4-12(10-13)17-9-8-14(25-17)11-18-19(24)23-16-7-2-1-6-15(16)22-20(23)26-18/h1-11H. The van der Waals surface area contributed by atoms with Crippen molar-refractivity contribution in [2.24, 2.45) is 0 Å². The van der Waals surface area contributed by atoms with Crippen molar-refractivity contribution in [2.75, 3.05) is 0 Å². The molecule has 5 rings (SSSR count). The summed E-state index contributed by atoms with van der Waals surface area (Å²) in [6.45, 7) is 0. The summed E-state index contributed by atoms with van der Waals surface area (Å²) in [5, 5.41) is 0. The number of aromatic nitrogens is 2. The minimum atomic E-state index is -0.322. The van der Waals surface area contributed by atoms with Crippen LogP contribution in [0.3, 0.4) is 0 Å². The summed E-state index contributed by atoms with van der Waals surface area (Å²) < 4.78 is 21.3. The van der Waals surface area contributed by atoms with Gasteiger partial charge in [-0.25, -0.2) is 13.8 Å². The fraction of sp³-hybridized carbons (Fsp3) is 0. The summed E-state index contributed by atoms with van der Waals surface area (Å²) in [6.07, 6.45) is 1.69. The first-order chi connectivity index (χ1) is 12.7. The molecule has 0 atom stereocenters. The second-order valence-electron chi connectivity index (χ2n) is 5.85. The lowest BCUT2D eigenvalue weighted by Gasteiger charge is -1.96. The van der Waals surface area contributed by atoms with Crippen molar-refractivity contribution in [3.05, 3.63) is 87.1 Å². The van der Waals surface area contributed by atoms with Crippen LogP contribution in [0.1, 0.15) is 5.76 Å². The molecule has 0 bridgehead atoms. The number of hydrogen-bond donors (Lipinski definition) is 0. The second-order valence-corrected chi connectivity index (χ2v) is 6.86. The molecule has 0 radical (unpaired) electrons. The molecule has 0 amide bonds. The zero-order valence-electron chi connectivity index (χ0n) is 13.3. The Morgan fingerprint density at radius 1 is 1.08 bits per heavy atom. The van der Waals surface area contributed by atoms with E-state index in [9.17, 15) is 9.18 Å². The molecule has 4 nitrogen and oxygen atoms in total. The Balaban J connectivity index is 1.63. The molecule has 0 N–H and O–H groups in total. The Labute approximate surface area is 150 Å². The van der Waals surface area contributed by atoms with Crippen LogP contribution in [0.2, 0.25) is 0 Å². The largest absolute Gasteiger partial charge is 0.457 e. The molecular weight excluding hydrogens is 351 g/mol. The molecule has 0 saturated heterocycles. The van der Waals surface area contributed by atoms with Crippen molar-refractivity contribution in [1.82, 2.24) is 9.38 Å². The highest BCUT2D eigenvalue weighted by Gasteiger charge is 2.11. The minimum absolute atomic E-state index is 0.123. The van der Waals surface area contributed by atoms with E-state index in [0.717, 1.165) is 11.0 Å². The molecule has 0 aliphatic heterocycles. The predicted molar refractivity (Wildman–Crippen MR) is 99.7 cm³/mol. The van der Waals surface area contributed by atoms with E-state index < -0.39 is 0 Å². The molecule has 0 spiro atoms. The number of furan rings is 1. The first-order valence-corrected chi connectivity index (χ1v) is 8.78. The lowest BCUT2D eigenvalue weighted by atomic mass is 10.2. The van der Waals surface area contributed by atoms with E-state index in [-0.39, 0.29) is 11.4 Å². The van der Waals surface area contributed by atoms with Gasteiger partial charge in [0.25, 0.3) is 5.56 Å². The Bertz CT molecular complexity index is 1380. The van der Waals surface area contributed by atoms with Gasteiger partial charge in [0.15, 0.2) is 4.96 Å². The van der Waals surface area contributed by atoms with E-state index in [0.29, 0.717) is 26.6 Å². The summed E-state index contributed by atoms with van der Waals surface area (Å²) in [5.41, 5.74) is 2.12. The number of nitrogens with zero attached hydrogens (tertiary/aromatic N) is 2. The zero-order chi connectivity index (χ0) is 17.7. The molecule has 0 fully saturated rings. The Hall–Kier alpha value is -3.25. The van der Waals surface area contributed by atoms with Crippen LogP contribution >= 0.6 is 11.3 Å². The SMILES string of the molecule is O=c1c(=Cc2ccc(-c3cccc(F)c3)o2)sc2nc3ccccc3n12. The molecule has 26 heavy (non-hydrogen) atoms. The molecule has 126 valence electrons. The third kappa shape index (κ3) is 2.34. The summed E-state index contributed by atoms with van der Waals surface area (Å²) in [4.78, 5) is 17.9. The van der Waals surface area contributed by atoms with E-state index in [1.165, 1.54) is 23.5 Å². The number of benzene rings is 2. The monoisotopic (exact) mass is 362 g/mol. The molecule has 5 aromatic rings. The molecule has 0 unspecified atom stereocenters. The van der Waals surface area contributed by atoms with Gasteiger partial charge >= 0.3 is 0 Å². The van der Waals surface area contributed by atoms with Crippen LogP contribution in [0.15, 0.2) is 69.9 Å². The van der Waals surface area contributed by atoms with Gasteiger partial charge in [0.2, 0.25) is 0 Å². The number of halogens is 1.